The fourth-order valence-corrected chi connectivity index (χ4v) is 5.07. The van der Waals surface area contributed by atoms with Crippen LogP contribution in [0.2, 0.25) is 0 Å². The Kier molecular flexibility index (Phi) is 6.09. The SMILES string of the molecule is O=[N+]([O-])c1ccc(N2CCN(C(c3cccs3)c3nnnn3Cc3ccccc3)CC2)cc1. The van der Waals surface area contributed by atoms with Crippen LogP contribution in [0.5, 0.6) is 0 Å². The summed E-state index contributed by atoms with van der Waals surface area (Å²) in [5.41, 5.74) is 2.27. The minimum absolute atomic E-state index is 0.0253. The maximum atomic E-state index is 10.9. The molecule has 168 valence electrons. The molecule has 1 atom stereocenters. The largest absolute Gasteiger partial charge is 0.369 e. The average molecular weight is 462 g/mol. The highest BCUT2D eigenvalue weighted by molar-refractivity contribution is 7.10. The molecule has 2 aromatic heterocycles. The molecule has 1 saturated heterocycles. The lowest BCUT2D eigenvalue weighted by Crippen LogP contribution is -2.48. The summed E-state index contributed by atoms with van der Waals surface area (Å²) in [6.45, 7) is 3.92. The van der Waals surface area contributed by atoms with Gasteiger partial charge in [0.25, 0.3) is 5.69 Å². The Bertz CT molecular complexity index is 1190. The normalized spacial score (nSPS) is 15.5. The molecule has 1 fully saturated rings. The second-order valence-electron chi connectivity index (χ2n) is 7.89. The van der Waals surface area contributed by atoms with E-state index in [4.69, 9.17) is 0 Å². The number of aromatic nitrogens is 4. The van der Waals surface area contributed by atoms with Crippen LogP contribution in [0.1, 0.15) is 22.3 Å². The highest BCUT2D eigenvalue weighted by atomic mass is 32.1. The van der Waals surface area contributed by atoms with Crippen molar-refractivity contribution in [3.63, 3.8) is 0 Å². The van der Waals surface area contributed by atoms with Crippen LogP contribution >= 0.6 is 11.3 Å². The van der Waals surface area contributed by atoms with Crippen LogP contribution in [0.25, 0.3) is 0 Å². The summed E-state index contributed by atoms with van der Waals surface area (Å²) < 4.78 is 1.89. The van der Waals surface area contributed by atoms with Gasteiger partial charge >= 0.3 is 0 Å². The number of nitrogens with zero attached hydrogens (tertiary/aromatic N) is 7. The first kappa shape index (κ1) is 21.2. The Morgan fingerprint density at radius 2 is 1.73 bits per heavy atom. The maximum absolute atomic E-state index is 10.9. The van der Waals surface area contributed by atoms with E-state index in [0.717, 1.165) is 43.3 Å². The van der Waals surface area contributed by atoms with Gasteiger partial charge in [0.05, 0.1) is 11.5 Å². The Hall–Kier alpha value is -3.63. The van der Waals surface area contributed by atoms with E-state index in [0.29, 0.717) is 6.54 Å². The molecule has 0 saturated carbocycles. The van der Waals surface area contributed by atoms with Gasteiger partial charge in [-0.05, 0) is 39.6 Å². The summed E-state index contributed by atoms with van der Waals surface area (Å²) in [5.74, 6) is 0.838. The number of thiophene rings is 1. The minimum atomic E-state index is -0.368. The van der Waals surface area contributed by atoms with Gasteiger partial charge in [0.2, 0.25) is 0 Å². The second-order valence-corrected chi connectivity index (χ2v) is 8.87. The van der Waals surface area contributed by atoms with Crippen LogP contribution in [0.4, 0.5) is 11.4 Å². The third-order valence-corrected chi connectivity index (χ3v) is 6.82. The number of rotatable bonds is 7. The monoisotopic (exact) mass is 461 g/mol. The summed E-state index contributed by atoms with van der Waals surface area (Å²) >= 11 is 1.71. The summed E-state index contributed by atoms with van der Waals surface area (Å²) in [6, 6.07) is 21.2. The van der Waals surface area contributed by atoms with E-state index in [-0.39, 0.29) is 16.7 Å². The van der Waals surface area contributed by atoms with Gasteiger partial charge in [-0.15, -0.1) is 16.4 Å². The van der Waals surface area contributed by atoms with Crippen LogP contribution < -0.4 is 4.90 Å². The zero-order valence-corrected chi connectivity index (χ0v) is 18.7. The number of nitro benzene ring substituents is 1. The standard InChI is InChI=1S/C23H23N7O2S/c31-30(32)20-10-8-19(9-11-20)27-12-14-28(15-13-27)22(21-7-4-16-33-21)23-24-25-26-29(23)17-18-5-2-1-3-6-18/h1-11,16,22H,12-15,17H2. The Morgan fingerprint density at radius 1 is 0.970 bits per heavy atom. The minimum Gasteiger partial charge on any atom is -0.369 e. The van der Waals surface area contributed by atoms with Gasteiger partial charge in [0, 0.05) is 48.9 Å². The predicted octanol–water partition coefficient (Wildman–Crippen LogP) is 3.60. The Morgan fingerprint density at radius 3 is 2.39 bits per heavy atom. The average Bonchev–Trinajstić information content (AvgIpc) is 3.54. The number of benzene rings is 2. The molecule has 0 aliphatic carbocycles. The summed E-state index contributed by atoms with van der Waals surface area (Å²) in [7, 11) is 0. The van der Waals surface area contributed by atoms with Crippen LogP contribution in [-0.4, -0.2) is 56.2 Å². The molecule has 2 aromatic carbocycles. The van der Waals surface area contributed by atoms with Crippen LogP contribution in [0.3, 0.4) is 0 Å². The highest BCUT2D eigenvalue weighted by Crippen LogP contribution is 2.32. The molecular formula is C23H23N7O2S. The fraction of sp³-hybridized carbons (Fsp3) is 0.261. The molecule has 3 heterocycles. The first-order valence-corrected chi connectivity index (χ1v) is 11.6. The van der Waals surface area contributed by atoms with E-state index in [9.17, 15) is 10.1 Å². The molecule has 33 heavy (non-hydrogen) atoms. The van der Waals surface area contributed by atoms with Crippen molar-refractivity contribution in [3.05, 3.63) is 98.5 Å². The van der Waals surface area contributed by atoms with E-state index in [2.05, 4.69) is 55.0 Å². The lowest BCUT2D eigenvalue weighted by Gasteiger charge is -2.39. The van der Waals surface area contributed by atoms with Crippen molar-refractivity contribution in [1.29, 1.82) is 0 Å². The smallest absolute Gasteiger partial charge is 0.269 e. The van der Waals surface area contributed by atoms with Crippen molar-refractivity contribution < 1.29 is 4.92 Å². The van der Waals surface area contributed by atoms with Gasteiger partial charge in [0.1, 0.15) is 6.04 Å². The van der Waals surface area contributed by atoms with Crippen LogP contribution in [0, 0.1) is 10.1 Å². The first-order chi connectivity index (χ1) is 16.2. The molecule has 10 heteroatoms. The van der Waals surface area contributed by atoms with E-state index in [1.165, 1.54) is 4.88 Å². The number of non-ortho nitro benzene ring substituents is 1. The van der Waals surface area contributed by atoms with Crippen LogP contribution in [0.15, 0.2) is 72.1 Å². The first-order valence-electron chi connectivity index (χ1n) is 10.8. The third-order valence-electron chi connectivity index (χ3n) is 5.90. The predicted molar refractivity (Wildman–Crippen MR) is 126 cm³/mol. The molecule has 1 unspecified atom stereocenters. The quantitative estimate of drug-likeness (QED) is 0.307. The second kappa shape index (κ2) is 9.47. The van der Waals surface area contributed by atoms with Gasteiger partial charge in [-0.3, -0.25) is 15.0 Å². The summed E-state index contributed by atoms with van der Waals surface area (Å²) in [6.07, 6.45) is 0. The molecule has 0 N–H and O–H groups in total. The van der Waals surface area contributed by atoms with E-state index in [1.54, 1.807) is 23.5 Å². The van der Waals surface area contributed by atoms with E-state index >= 15 is 0 Å². The van der Waals surface area contributed by atoms with Gasteiger partial charge in [-0.25, -0.2) is 4.68 Å². The van der Waals surface area contributed by atoms with E-state index < -0.39 is 0 Å². The van der Waals surface area contributed by atoms with Gasteiger partial charge in [-0.2, -0.15) is 0 Å². The molecule has 9 nitrogen and oxygen atoms in total. The Labute approximate surface area is 195 Å². The number of hydrogen-bond donors (Lipinski definition) is 0. The van der Waals surface area contributed by atoms with Crippen molar-refractivity contribution >= 4 is 22.7 Å². The lowest BCUT2D eigenvalue weighted by molar-refractivity contribution is -0.384. The summed E-state index contributed by atoms with van der Waals surface area (Å²) in [4.78, 5) is 16.5. The zero-order chi connectivity index (χ0) is 22.6. The molecule has 0 spiro atoms. The van der Waals surface area contributed by atoms with Crippen LogP contribution in [-0.2, 0) is 6.54 Å². The molecule has 1 aliphatic rings. The third kappa shape index (κ3) is 4.62. The van der Waals surface area contributed by atoms with Crippen molar-refractivity contribution in [2.75, 3.05) is 31.1 Å². The molecule has 1 aliphatic heterocycles. The van der Waals surface area contributed by atoms with Crippen molar-refractivity contribution in [2.45, 2.75) is 12.6 Å². The molecule has 0 radical (unpaired) electrons. The summed E-state index contributed by atoms with van der Waals surface area (Å²) in [5, 5.41) is 25.8. The Balaban J connectivity index is 1.35. The van der Waals surface area contributed by atoms with Gasteiger partial charge in [0.15, 0.2) is 5.82 Å². The number of piperazine rings is 1. The number of anilines is 1. The fourth-order valence-electron chi connectivity index (χ4n) is 4.22. The molecule has 4 aromatic rings. The zero-order valence-electron chi connectivity index (χ0n) is 17.9. The van der Waals surface area contributed by atoms with Gasteiger partial charge in [-0.1, -0.05) is 36.4 Å². The van der Waals surface area contributed by atoms with Gasteiger partial charge < -0.3 is 4.90 Å². The van der Waals surface area contributed by atoms with Crippen molar-refractivity contribution in [3.8, 4) is 0 Å². The number of hydrogen-bond acceptors (Lipinski definition) is 8. The highest BCUT2D eigenvalue weighted by Gasteiger charge is 2.31. The molecule has 0 amide bonds. The number of tetrazole rings is 1. The lowest BCUT2D eigenvalue weighted by atomic mass is 10.1. The van der Waals surface area contributed by atoms with E-state index in [1.807, 2.05) is 35.0 Å². The molecule has 5 rings (SSSR count). The molecular weight excluding hydrogens is 438 g/mol. The van der Waals surface area contributed by atoms with Crippen molar-refractivity contribution in [2.24, 2.45) is 0 Å². The number of nitro groups is 1. The molecule has 0 bridgehead atoms. The maximum Gasteiger partial charge on any atom is 0.269 e. The topological polar surface area (TPSA) is 93.2 Å². The van der Waals surface area contributed by atoms with Crippen molar-refractivity contribution in [1.82, 2.24) is 25.1 Å².